The maximum atomic E-state index is 11.6. The molecule has 0 aromatic heterocycles. The molecule has 0 aliphatic carbocycles. The Morgan fingerprint density at radius 2 is 2.13 bits per heavy atom. The molecule has 1 aliphatic rings. The Kier molecular flexibility index (Phi) is 5.05. The van der Waals surface area contributed by atoms with Gasteiger partial charge < -0.3 is 11.1 Å². The first-order chi connectivity index (χ1) is 7.19. The molecule has 0 aromatic rings. The number of carbonyl (C=O) groups excluding carboxylic acids is 1. The van der Waals surface area contributed by atoms with Crippen molar-refractivity contribution in [1.82, 2.24) is 10.2 Å². The molecule has 4 nitrogen and oxygen atoms in total. The lowest BCUT2D eigenvalue weighted by Crippen LogP contribution is -2.48. The molecule has 1 atom stereocenters. The smallest absolute Gasteiger partial charge is 0.237 e. The maximum absolute atomic E-state index is 11.6. The van der Waals surface area contributed by atoms with Crippen LogP contribution in [-0.4, -0.2) is 43.0 Å². The van der Waals surface area contributed by atoms with Crippen LogP contribution in [0.5, 0.6) is 0 Å². The van der Waals surface area contributed by atoms with E-state index in [4.69, 9.17) is 5.73 Å². The van der Waals surface area contributed by atoms with E-state index >= 15 is 0 Å². The second-order valence-electron chi connectivity index (χ2n) is 4.29. The fraction of sp³-hybridized carbons (Fsp3) is 0.909. The first-order valence-electron chi connectivity index (χ1n) is 5.90. The fourth-order valence-electron chi connectivity index (χ4n) is 2.06. The number of nitrogens with zero attached hydrogens (tertiary/aromatic N) is 1. The molecule has 4 heteroatoms. The van der Waals surface area contributed by atoms with Gasteiger partial charge in [0.05, 0.1) is 6.04 Å². The average molecular weight is 213 g/mol. The SMILES string of the molecule is CCNC(=O)C(C)N1CCC(CN)CC1. The number of amides is 1. The monoisotopic (exact) mass is 213 g/mol. The number of hydrogen-bond donors (Lipinski definition) is 2. The van der Waals surface area contributed by atoms with Crippen LogP contribution in [0.2, 0.25) is 0 Å². The van der Waals surface area contributed by atoms with E-state index in [1.54, 1.807) is 0 Å². The summed E-state index contributed by atoms with van der Waals surface area (Å²) in [5, 5.41) is 2.86. The molecule has 1 saturated heterocycles. The summed E-state index contributed by atoms with van der Waals surface area (Å²) in [5.41, 5.74) is 5.63. The summed E-state index contributed by atoms with van der Waals surface area (Å²) in [6, 6.07) is 0.00340. The third-order valence-electron chi connectivity index (χ3n) is 3.26. The molecule has 0 spiro atoms. The average Bonchev–Trinajstić information content (AvgIpc) is 2.28. The number of nitrogens with one attached hydrogen (secondary N) is 1. The molecule has 1 rings (SSSR count). The molecule has 1 unspecified atom stereocenters. The van der Waals surface area contributed by atoms with Crippen molar-refractivity contribution < 1.29 is 4.79 Å². The molecule has 0 radical (unpaired) electrons. The molecular weight excluding hydrogens is 190 g/mol. The van der Waals surface area contributed by atoms with E-state index in [2.05, 4.69) is 10.2 Å². The van der Waals surface area contributed by atoms with Gasteiger partial charge in [0, 0.05) is 6.54 Å². The third-order valence-corrected chi connectivity index (χ3v) is 3.26. The fourth-order valence-corrected chi connectivity index (χ4v) is 2.06. The van der Waals surface area contributed by atoms with Crippen molar-refractivity contribution in [3.05, 3.63) is 0 Å². The molecule has 1 aliphatic heterocycles. The Bertz CT molecular complexity index is 200. The van der Waals surface area contributed by atoms with Crippen LogP contribution in [0.25, 0.3) is 0 Å². The predicted molar refractivity (Wildman–Crippen MR) is 61.5 cm³/mol. The lowest BCUT2D eigenvalue weighted by molar-refractivity contribution is -0.126. The Morgan fingerprint density at radius 1 is 1.53 bits per heavy atom. The number of rotatable bonds is 4. The number of carbonyl (C=O) groups is 1. The van der Waals surface area contributed by atoms with Crippen molar-refractivity contribution in [2.75, 3.05) is 26.2 Å². The number of likely N-dealkylation sites (N-methyl/N-ethyl adjacent to an activating group) is 1. The van der Waals surface area contributed by atoms with Crippen LogP contribution in [0, 0.1) is 5.92 Å². The van der Waals surface area contributed by atoms with Crippen LogP contribution in [0.3, 0.4) is 0 Å². The highest BCUT2D eigenvalue weighted by Gasteiger charge is 2.25. The maximum Gasteiger partial charge on any atom is 0.237 e. The van der Waals surface area contributed by atoms with Crippen molar-refractivity contribution in [3.63, 3.8) is 0 Å². The Balaban J connectivity index is 2.35. The predicted octanol–water partition coefficient (Wildman–Crippen LogP) is 0.182. The van der Waals surface area contributed by atoms with E-state index in [0.29, 0.717) is 12.5 Å². The van der Waals surface area contributed by atoms with Gasteiger partial charge >= 0.3 is 0 Å². The van der Waals surface area contributed by atoms with Crippen molar-refractivity contribution >= 4 is 5.91 Å². The van der Waals surface area contributed by atoms with Gasteiger partial charge in [-0.05, 0) is 52.2 Å². The van der Waals surface area contributed by atoms with Gasteiger partial charge in [0.2, 0.25) is 5.91 Å². The number of likely N-dealkylation sites (tertiary alicyclic amines) is 1. The Labute approximate surface area is 92.2 Å². The highest BCUT2D eigenvalue weighted by Crippen LogP contribution is 2.17. The minimum absolute atomic E-state index is 0.00340. The summed E-state index contributed by atoms with van der Waals surface area (Å²) in [7, 11) is 0. The summed E-state index contributed by atoms with van der Waals surface area (Å²) in [4.78, 5) is 13.9. The van der Waals surface area contributed by atoms with E-state index in [1.165, 1.54) is 0 Å². The lowest BCUT2D eigenvalue weighted by atomic mass is 9.96. The number of hydrogen-bond acceptors (Lipinski definition) is 3. The molecule has 3 N–H and O–H groups in total. The normalized spacial score (nSPS) is 21.3. The zero-order chi connectivity index (χ0) is 11.3. The minimum Gasteiger partial charge on any atom is -0.355 e. The van der Waals surface area contributed by atoms with Gasteiger partial charge in [0.25, 0.3) is 0 Å². The summed E-state index contributed by atoms with van der Waals surface area (Å²) in [6.07, 6.45) is 2.25. The van der Waals surface area contributed by atoms with Gasteiger partial charge in [-0.25, -0.2) is 0 Å². The van der Waals surface area contributed by atoms with Gasteiger partial charge in [-0.15, -0.1) is 0 Å². The zero-order valence-electron chi connectivity index (χ0n) is 9.83. The standard InChI is InChI=1S/C11H23N3O/c1-3-13-11(15)9(2)14-6-4-10(8-12)5-7-14/h9-10H,3-8,12H2,1-2H3,(H,13,15). The molecule has 15 heavy (non-hydrogen) atoms. The van der Waals surface area contributed by atoms with Crippen LogP contribution in [-0.2, 0) is 4.79 Å². The van der Waals surface area contributed by atoms with Gasteiger partial charge in [0.15, 0.2) is 0 Å². The molecular formula is C11H23N3O. The highest BCUT2D eigenvalue weighted by molar-refractivity contribution is 5.81. The molecule has 0 saturated carbocycles. The quantitative estimate of drug-likeness (QED) is 0.700. The molecule has 1 fully saturated rings. The molecule has 0 aromatic carbocycles. The van der Waals surface area contributed by atoms with Crippen LogP contribution >= 0.6 is 0 Å². The van der Waals surface area contributed by atoms with Crippen LogP contribution in [0.4, 0.5) is 0 Å². The van der Waals surface area contributed by atoms with Gasteiger partial charge in [0.1, 0.15) is 0 Å². The van der Waals surface area contributed by atoms with Crippen LogP contribution < -0.4 is 11.1 Å². The summed E-state index contributed by atoms with van der Waals surface area (Å²) >= 11 is 0. The molecule has 1 amide bonds. The number of piperidine rings is 1. The van der Waals surface area contributed by atoms with Gasteiger partial charge in [-0.1, -0.05) is 0 Å². The Hall–Kier alpha value is -0.610. The second-order valence-corrected chi connectivity index (χ2v) is 4.29. The van der Waals surface area contributed by atoms with Crippen molar-refractivity contribution in [2.24, 2.45) is 11.7 Å². The molecule has 1 heterocycles. The van der Waals surface area contributed by atoms with Gasteiger partial charge in [-0.3, -0.25) is 9.69 Å². The van der Waals surface area contributed by atoms with Crippen LogP contribution in [0.1, 0.15) is 26.7 Å². The minimum atomic E-state index is 0.00340. The van der Waals surface area contributed by atoms with Crippen molar-refractivity contribution in [3.8, 4) is 0 Å². The van der Waals surface area contributed by atoms with Crippen LogP contribution in [0.15, 0.2) is 0 Å². The van der Waals surface area contributed by atoms with Crippen molar-refractivity contribution in [1.29, 1.82) is 0 Å². The summed E-state index contributed by atoms with van der Waals surface area (Å²) in [6.45, 7) is 7.42. The first-order valence-corrected chi connectivity index (χ1v) is 5.90. The summed E-state index contributed by atoms with van der Waals surface area (Å²) < 4.78 is 0. The largest absolute Gasteiger partial charge is 0.355 e. The van der Waals surface area contributed by atoms with E-state index in [-0.39, 0.29) is 11.9 Å². The van der Waals surface area contributed by atoms with E-state index in [0.717, 1.165) is 32.5 Å². The molecule has 88 valence electrons. The second kappa shape index (κ2) is 6.08. The third kappa shape index (κ3) is 3.47. The Morgan fingerprint density at radius 3 is 2.60 bits per heavy atom. The van der Waals surface area contributed by atoms with Crippen molar-refractivity contribution in [2.45, 2.75) is 32.7 Å². The van der Waals surface area contributed by atoms with E-state index < -0.39 is 0 Å². The number of nitrogens with two attached hydrogens (primary N) is 1. The molecule has 0 bridgehead atoms. The summed E-state index contributed by atoms with van der Waals surface area (Å²) in [5.74, 6) is 0.798. The van der Waals surface area contributed by atoms with Gasteiger partial charge in [-0.2, -0.15) is 0 Å². The lowest BCUT2D eigenvalue weighted by Gasteiger charge is -2.34. The topological polar surface area (TPSA) is 58.4 Å². The zero-order valence-corrected chi connectivity index (χ0v) is 9.83. The highest BCUT2D eigenvalue weighted by atomic mass is 16.2. The van der Waals surface area contributed by atoms with E-state index in [1.807, 2.05) is 13.8 Å². The van der Waals surface area contributed by atoms with E-state index in [9.17, 15) is 4.79 Å². The first kappa shape index (κ1) is 12.5.